The molecule has 0 saturated heterocycles. The van der Waals surface area contributed by atoms with Crippen LogP contribution in [0.15, 0.2) is 91.9 Å². The molecule has 3 unspecified atom stereocenters. The summed E-state index contributed by atoms with van der Waals surface area (Å²) < 4.78 is 134. The van der Waals surface area contributed by atoms with Crippen molar-refractivity contribution in [2.45, 2.75) is 55.9 Å². The van der Waals surface area contributed by atoms with Crippen LogP contribution < -0.4 is 4.57 Å². The number of hydrogen-bond acceptors (Lipinski definition) is 2. The van der Waals surface area contributed by atoms with Gasteiger partial charge in [0.2, 0.25) is 11.4 Å². The van der Waals surface area contributed by atoms with Gasteiger partial charge in [0.15, 0.2) is 6.20 Å². The molecule has 0 fully saturated rings. The molecule has 0 bridgehead atoms. The zero-order valence-electron chi connectivity index (χ0n) is 25.6. The van der Waals surface area contributed by atoms with Crippen molar-refractivity contribution in [3.05, 3.63) is 131 Å². The van der Waals surface area contributed by atoms with E-state index in [4.69, 9.17) is 0 Å². The molecular weight excluding hydrogens is 657 g/mol. The van der Waals surface area contributed by atoms with Gasteiger partial charge in [0, 0.05) is 36.5 Å². The van der Waals surface area contributed by atoms with Gasteiger partial charge >= 0.3 is 18.5 Å². The number of halogens is 9. The van der Waals surface area contributed by atoms with Gasteiger partial charge in [0.1, 0.15) is 12.2 Å². The van der Waals surface area contributed by atoms with Gasteiger partial charge in [-0.1, -0.05) is 48.5 Å². The molecule has 0 N–H and O–H groups in total. The fourth-order valence-electron chi connectivity index (χ4n) is 8.43. The number of nitrogens with zero attached hydrogens (tertiary/aromatic N) is 3. The third-order valence-electron chi connectivity index (χ3n) is 10.3. The number of aromatic nitrogens is 1. The van der Waals surface area contributed by atoms with Crippen LogP contribution in [0.4, 0.5) is 39.5 Å². The van der Waals surface area contributed by atoms with Crippen molar-refractivity contribution in [2.24, 2.45) is 0 Å². The Balaban J connectivity index is 1.51. The average Bonchev–Trinajstić information content (AvgIpc) is 3.50. The van der Waals surface area contributed by atoms with E-state index < -0.39 is 64.7 Å². The summed E-state index contributed by atoms with van der Waals surface area (Å²) in [4.78, 5) is 4.24. The lowest BCUT2D eigenvalue weighted by Crippen LogP contribution is -2.53. The summed E-state index contributed by atoms with van der Waals surface area (Å²) in [5, 5.41) is 0. The molecule has 4 aromatic rings. The molecular formula is C37H27F9N3+. The maximum Gasteiger partial charge on any atom is 0.417 e. The van der Waals surface area contributed by atoms with Gasteiger partial charge in [-0.3, -0.25) is 0 Å². The fraction of sp³-hybridized carbons (Fsp3) is 0.270. The minimum atomic E-state index is -5.95. The summed E-state index contributed by atoms with van der Waals surface area (Å²) in [6.45, 7) is 5.16. The van der Waals surface area contributed by atoms with Gasteiger partial charge in [0.25, 0.3) is 0 Å². The minimum absolute atomic E-state index is 0.0782. The molecule has 0 radical (unpaired) electrons. The van der Waals surface area contributed by atoms with Crippen molar-refractivity contribution < 1.29 is 44.1 Å². The first-order valence-corrected chi connectivity index (χ1v) is 15.7. The highest BCUT2D eigenvalue weighted by Crippen LogP contribution is 2.55. The quantitative estimate of drug-likeness (QED) is 0.146. The molecule has 0 spiro atoms. The van der Waals surface area contributed by atoms with Gasteiger partial charge < -0.3 is 9.80 Å². The van der Waals surface area contributed by atoms with E-state index in [2.05, 4.69) is 16.4 Å². The van der Waals surface area contributed by atoms with Crippen molar-refractivity contribution in [1.82, 2.24) is 9.80 Å². The van der Waals surface area contributed by atoms with Crippen LogP contribution >= 0.6 is 0 Å². The molecule has 5 heterocycles. The van der Waals surface area contributed by atoms with Gasteiger partial charge in [0.05, 0.1) is 27.8 Å². The maximum absolute atomic E-state index is 15.1. The van der Waals surface area contributed by atoms with E-state index in [1.165, 1.54) is 10.8 Å². The molecule has 252 valence electrons. The Labute approximate surface area is 275 Å². The monoisotopic (exact) mass is 684 g/mol. The van der Waals surface area contributed by atoms with Crippen molar-refractivity contribution >= 4 is 5.70 Å². The predicted octanol–water partition coefficient (Wildman–Crippen LogP) is 9.59. The van der Waals surface area contributed by atoms with E-state index in [1.54, 1.807) is 42.5 Å². The zero-order valence-corrected chi connectivity index (χ0v) is 25.6. The third kappa shape index (κ3) is 4.77. The normalized spacial score (nSPS) is 21.3. The average molecular weight is 685 g/mol. The Kier molecular flexibility index (Phi) is 6.84. The van der Waals surface area contributed by atoms with E-state index in [1.807, 2.05) is 30.6 Å². The molecule has 3 atom stereocenters. The Morgan fingerprint density at radius 3 is 2.16 bits per heavy atom. The first-order valence-electron chi connectivity index (χ1n) is 15.7. The molecule has 0 aliphatic carbocycles. The molecule has 4 aliphatic rings. The van der Waals surface area contributed by atoms with Crippen LogP contribution in [0, 0.1) is 0 Å². The molecule has 49 heavy (non-hydrogen) atoms. The largest absolute Gasteiger partial charge is 0.417 e. The summed E-state index contributed by atoms with van der Waals surface area (Å²) in [5.74, 6) is -0.550. The summed E-state index contributed by atoms with van der Waals surface area (Å²) in [7, 11) is 0. The zero-order chi connectivity index (χ0) is 34.6. The smallest absolute Gasteiger partial charge is 0.352 e. The Morgan fingerprint density at radius 1 is 0.735 bits per heavy atom. The van der Waals surface area contributed by atoms with Gasteiger partial charge in [-0.25, -0.2) is 0 Å². The molecule has 4 aliphatic heterocycles. The van der Waals surface area contributed by atoms with E-state index in [0.29, 0.717) is 11.3 Å². The van der Waals surface area contributed by atoms with E-state index in [9.17, 15) is 26.3 Å². The van der Waals surface area contributed by atoms with Crippen molar-refractivity contribution in [3.63, 3.8) is 0 Å². The summed E-state index contributed by atoms with van der Waals surface area (Å²) in [6, 6.07) is 16.9. The first kappa shape index (κ1) is 31.5. The van der Waals surface area contributed by atoms with Crippen LogP contribution in [0.25, 0.3) is 28.1 Å². The number of rotatable bonds is 1. The Bertz CT molecular complexity index is 2040. The second-order valence-electron chi connectivity index (χ2n) is 12.8. The fourth-order valence-corrected chi connectivity index (χ4v) is 8.43. The number of hydrogen-bond donors (Lipinski definition) is 0. The molecule has 3 nitrogen and oxygen atoms in total. The van der Waals surface area contributed by atoms with Gasteiger partial charge in [-0.2, -0.15) is 44.1 Å². The Hall–Kier alpha value is -4.74. The first-order chi connectivity index (χ1) is 23.2. The van der Waals surface area contributed by atoms with Crippen molar-refractivity contribution in [2.75, 3.05) is 6.54 Å². The van der Waals surface area contributed by atoms with Crippen LogP contribution in [0.2, 0.25) is 0 Å². The highest BCUT2D eigenvalue weighted by molar-refractivity contribution is 5.83. The van der Waals surface area contributed by atoms with Crippen LogP contribution in [0.3, 0.4) is 0 Å². The van der Waals surface area contributed by atoms with Gasteiger partial charge in [-0.15, -0.1) is 0 Å². The molecule has 0 saturated carbocycles. The molecule has 0 amide bonds. The number of fused-ring (bicyclic) bond motifs is 6. The highest BCUT2D eigenvalue weighted by atomic mass is 19.4. The predicted molar refractivity (Wildman–Crippen MR) is 163 cm³/mol. The lowest BCUT2D eigenvalue weighted by atomic mass is 9.75. The summed E-state index contributed by atoms with van der Waals surface area (Å²) in [6.07, 6.45) is -12.3. The van der Waals surface area contributed by atoms with E-state index >= 15 is 13.2 Å². The molecule has 1 aromatic heterocycles. The number of alkyl halides is 9. The van der Waals surface area contributed by atoms with Crippen LogP contribution in [0.5, 0.6) is 0 Å². The second kappa shape index (κ2) is 10.6. The molecule has 8 rings (SSSR count). The lowest BCUT2D eigenvalue weighted by molar-refractivity contribution is -0.573. The van der Waals surface area contributed by atoms with E-state index in [-0.39, 0.29) is 29.9 Å². The van der Waals surface area contributed by atoms with Crippen LogP contribution in [0.1, 0.15) is 57.4 Å². The SMILES string of the molecule is C=C1C2C(CCc3c(cc(C(F)(F)F)c(C(F)(F)F)c3C(F)(F)F)-c3c(-c4ccccc4)ccc[n+]31)c1cccc3c1C1N(C=CN21)CC3. The van der Waals surface area contributed by atoms with E-state index in [0.717, 1.165) is 29.7 Å². The molecule has 12 heteroatoms. The van der Waals surface area contributed by atoms with Crippen LogP contribution in [-0.4, -0.2) is 22.4 Å². The summed E-state index contributed by atoms with van der Waals surface area (Å²) in [5.41, 5.74) is -4.91. The second-order valence-corrected chi connectivity index (χ2v) is 12.8. The Morgan fingerprint density at radius 2 is 1.47 bits per heavy atom. The lowest BCUT2D eigenvalue weighted by Gasteiger charge is -2.48. The number of benzene rings is 3. The standard InChI is InChI=1S/C37H27F9N3/c1-20-32-26(24-10-5-9-22-14-16-47-17-18-49(32)34(47)29(22)24)13-12-25-27(33-23(11-6-15-48(20)33)21-7-3-2-4-8-21)19-28(35(38,39)40)31(37(44,45)46)30(25)36(41,42)43/h2-11,15,17-19,26,32,34H,1,12-14,16H2/q+1. The minimum Gasteiger partial charge on any atom is -0.352 e. The third-order valence-corrected chi connectivity index (χ3v) is 10.3. The highest BCUT2D eigenvalue weighted by Gasteiger charge is 2.55. The summed E-state index contributed by atoms with van der Waals surface area (Å²) >= 11 is 0. The maximum atomic E-state index is 15.1. The topological polar surface area (TPSA) is 10.4 Å². The molecule has 3 aromatic carbocycles. The van der Waals surface area contributed by atoms with Crippen LogP contribution in [-0.2, 0) is 31.4 Å². The number of pyridine rings is 1. The van der Waals surface area contributed by atoms with Crippen molar-refractivity contribution in [3.8, 4) is 22.4 Å². The van der Waals surface area contributed by atoms with Crippen molar-refractivity contribution in [1.29, 1.82) is 0 Å². The van der Waals surface area contributed by atoms with Gasteiger partial charge in [-0.05, 0) is 60.2 Å².